The Morgan fingerprint density at radius 1 is 1.21 bits per heavy atom. The Morgan fingerprint density at radius 3 is 2.07 bits per heavy atom. The molecule has 1 fully saturated rings. The maximum atomic E-state index is 3.85. The number of thioether (sulfide) groups is 1. The van der Waals surface area contributed by atoms with E-state index in [0.717, 1.165) is 0 Å². The average molecular weight is 210 g/mol. The molecular weight excluding hydrogens is 192 g/mol. The zero-order valence-electron chi connectivity index (χ0n) is 8.94. The van der Waals surface area contributed by atoms with E-state index in [1.54, 1.807) is 12.4 Å². The molecule has 0 saturated carbocycles. The van der Waals surface area contributed by atoms with Gasteiger partial charge < -0.3 is 4.90 Å². The van der Waals surface area contributed by atoms with Crippen LogP contribution >= 0.6 is 11.8 Å². The summed E-state index contributed by atoms with van der Waals surface area (Å²) in [5.41, 5.74) is 1.26. The lowest BCUT2D eigenvalue weighted by atomic mass is 10.3. The lowest BCUT2D eigenvalue weighted by molar-refractivity contribution is 0.372. The molecule has 78 valence electrons. The van der Waals surface area contributed by atoms with Gasteiger partial charge in [-0.3, -0.25) is 4.98 Å². The normalized spacial score (nSPS) is 17.0. The molecule has 0 amide bonds. The minimum atomic E-state index is 1.26. The number of rotatable bonds is 0. The number of aromatic nitrogens is 1. The van der Waals surface area contributed by atoms with Crippen LogP contribution in [0.25, 0.3) is 0 Å². The van der Waals surface area contributed by atoms with Crippen LogP contribution in [0, 0.1) is 6.92 Å². The first-order valence-electron chi connectivity index (χ1n) is 4.92. The van der Waals surface area contributed by atoms with Gasteiger partial charge in [0.1, 0.15) is 0 Å². The van der Waals surface area contributed by atoms with Crippen molar-refractivity contribution >= 4 is 11.8 Å². The minimum Gasteiger partial charge on any atom is -0.305 e. The smallest absolute Gasteiger partial charge is 0.0270 e. The quantitative estimate of drug-likeness (QED) is 0.652. The lowest BCUT2D eigenvalue weighted by Gasteiger charge is -2.20. The van der Waals surface area contributed by atoms with Gasteiger partial charge in [-0.2, -0.15) is 11.8 Å². The first-order valence-corrected chi connectivity index (χ1v) is 6.07. The third-order valence-electron chi connectivity index (χ3n) is 2.08. The summed E-state index contributed by atoms with van der Waals surface area (Å²) in [6, 6.07) is 3.94. The second-order valence-electron chi connectivity index (χ2n) is 3.44. The summed E-state index contributed by atoms with van der Waals surface area (Å²) in [6.07, 6.45) is 3.57. The third-order valence-corrected chi connectivity index (χ3v) is 3.02. The molecule has 3 heteroatoms. The van der Waals surface area contributed by atoms with Crippen LogP contribution in [0.5, 0.6) is 0 Å². The van der Waals surface area contributed by atoms with Crippen molar-refractivity contribution in [3.63, 3.8) is 0 Å². The van der Waals surface area contributed by atoms with Gasteiger partial charge in [0.15, 0.2) is 0 Å². The van der Waals surface area contributed by atoms with Gasteiger partial charge in [0.05, 0.1) is 0 Å². The minimum absolute atomic E-state index is 1.26. The zero-order valence-corrected chi connectivity index (χ0v) is 9.76. The molecule has 14 heavy (non-hydrogen) atoms. The van der Waals surface area contributed by atoms with Crippen molar-refractivity contribution in [2.75, 3.05) is 31.6 Å². The SMILES string of the molecule is CN1CCSCC1.Cc1ccncc1. The van der Waals surface area contributed by atoms with Crippen molar-refractivity contribution in [1.29, 1.82) is 0 Å². The van der Waals surface area contributed by atoms with E-state index in [0.29, 0.717) is 0 Å². The van der Waals surface area contributed by atoms with Crippen LogP contribution in [0.1, 0.15) is 5.56 Å². The Bertz CT molecular complexity index is 232. The van der Waals surface area contributed by atoms with Crippen molar-refractivity contribution in [2.24, 2.45) is 0 Å². The highest BCUT2D eigenvalue weighted by atomic mass is 32.2. The molecule has 1 aliphatic rings. The number of hydrogen-bond donors (Lipinski definition) is 0. The van der Waals surface area contributed by atoms with Crippen molar-refractivity contribution in [1.82, 2.24) is 9.88 Å². The van der Waals surface area contributed by atoms with E-state index in [1.807, 2.05) is 19.1 Å². The Kier molecular flexibility index (Phi) is 5.64. The summed E-state index contributed by atoms with van der Waals surface area (Å²) in [6.45, 7) is 4.61. The van der Waals surface area contributed by atoms with E-state index in [-0.39, 0.29) is 0 Å². The Labute approximate surface area is 90.7 Å². The molecule has 0 N–H and O–H groups in total. The highest BCUT2D eigenvalue weighted by molar-refractivity contribution is 7.99. The van der Waals surface area contributed by atoms with Gasteiger partial charge in [0.2, 0.25) is 0 Å². The fraction of sp³-hybridized carbons (Fsp3) is 0.545. The average Bonchev–Trinajstić information content (AvgIpc) is 2.21. The van der Waals surface area contributed by atoms with Crippen molar-refractivity contribution in [3.05, 3.63) is 30.1 Å². The Balaban J connectivity index is 0.000000140. The molecule has 0 atom stereocenters. The van der Waals surface area contributed by atoms with Crippen molar-refractivity contribution < 1.29 is 0 Å². The van der Waals surface area contributed by atoms with Crippen molar-refractivity contribution in [2.45, 2.75) is 6.92 Å². The molecule has 1 aromatic rings. The number of hydrogen-bond acceptors (Lipinski definition) is 3. The molecule has 0 spiro atoms. The van der Waals surface area contributed by atoms with Crippen LogP contribution in [-0.2, 0) is 0 Å². The van der Waals surface area contributed by atoms with Crippen LogP contribution < -0.4 is 0 Å². The Hall–Kier alpha value is -0.540. The maximum Gasteiger partial charge on any atom is 0.0270 e. The van der Waals surface area contributed by atoms with Gasteiger partial charge in [0, 0.05) is 37.0 Å². The summed E-state index contributed by atoms with van der Waals surface area (Å²) >= 11 is 2.06. The molecule has 2 heterocycles. The first-order chi connectivity index (χ1) is 6.79. The van der Waals surface area contributed by atoms with Gasteiger partial charge in [-0.05, 0) is 31.7 Å². The molecule has 0 unspecified atom stereocenters. The summed E-state index contributed by atoms with van der Waals surface area (Å²) in [4.78, 5) is 6.22. The molecular formula is C11H18N2S. The lowest BCUT2D eigenvalue weighted by Crippen LogP contribution is -2.28. The van der Waals surface area contributed by atoms with Crippen LogP contribution in [0.3, 0.4) is 0 Å². The van der Waals surface area contributed by atoms with Crippen LogP contribution in [0.2, 0.25) is 0 Å². The predicted octanol–water partition coefficient (Wildman–Crippen LogP) is 2.06. The van der Waals surface area contributed by atoms with Crippen LogP contribution in [0.4, 0.5) is 0 Å². The predicted molar refractivity (Wildman–Crippen MR) is 63.8 cm³/mol. The van der Waals surface area contributed by atoms with E-state index in [9.17, 15) is 0 Å². The van der Waals surface area contributed by atoms with E-state index in [1.165, 1.54) is 30.2 Å². The van der Waals surface area contributed by atoms with Gasteiger partial charge in [0.25, 0.3) is 0 Å². The molecule has 0 aromatic carbocycles. The molecule has 1 aliphatic heterocycles. The standard InChI is InChI=1S/C6H7N.C5H11NS/c2*1-6-2-4-7-5-3-6/h2-5H,1H3;2-5H2,1H3. The van der Waals surface area contributed by atoms with E-state index >= 15 is 0 Å². The molecule has 0 bridgehead atoms. The van der Waals surface area contributed by atoms with E-state index in [2.05, 4.69) is 28.7 Å². The fourth-order valence-corrected chi connectivity index (χ4v) is 2.17. The van der Waals surface area contributed by atoms with E-state index in [4.69, 9.17) is 0 Å². The molecule has 1 aromatic heterocycles. The summed E-state index contributed by atoms with van der Waals surface area (Å²) < 4.78 is 0. The van der Waals surface area contributed by atoms with Gasteiger partial charge in [-0.1, -0.05) is 0 Å². The van der Waals surface area contributed by atoms with Gasteiger partial charge >= 0.3 is 0 Å². The summed E-state index contributed by atoms with van der Waals surface area (Å²) in [7, 11) is 2.18. The number of nitrogens with zero attached hydrogens (tertiary/aromatic N) is 2. The second kappa shape index (κ2) is 6.85. The third kappa shape index (κ3) is 5.25. The number of aryl methyl sites for hydroxylation is 1. The van der Waals surface area contributed by atoms with Crippen LogP contribution in [0.15, 0.2) is 24.5 Å². The monoisotopic (exact) mass is 210 g/mol. The molecule has 2 nitrogen and oxygen atoms in total. The maximum absolute atomic E-state index is 3.85. The largest absolute Gasteiger partial charge is 0.305 e. The van der Waals surface area contributed by atoms with Gasteiger partial charge in [-0.25, -0.2) is 0 Å². The van der Waals surface area contributed by atoms with E-state index < -0.39 is 0 Å². The van der Waals surface area contributed by atoms with Gasteiger partial charge in [-0.15, -0.1) is 0 Å². The Morgan fingerprint density at radius 2 is 1.79 bits per heavy atom. The first kappa shape index (κ1) is 11.5. The molecule has 2 rings (SSSR count). The second-order valence-corrected chi connectivity index (χ2v) is 4.66. The molecule has 1 saturated heterocycles. The highest BCUT2D eigenvalue weighted by Gasteiger charge is 2.02. The van der Waals surface area contributed by atoms with Crippen molar-refractivity contribution in [3.8, 4) is 0 Å². The molecule has 0 aliphatic carbocycles. The molecule has 0 radical (unpaired) electrons. The topological polar surface area (TPSA) is 16.1 Å². The summed E-state index contributed by atoms with van der Waals surface area (Å²) in [5, 5.41) is 0. The number of pyridine rings is 1. The zero-order chi connectivity index (χ0) is 10.2. The highest BCUT2D eigenvalue weighted by Crippen LogP contribution is 2.05. The van der Waals surface area contributed by atoms with Crippen LogP contribution in [-0.4, -0.2) is 41.5 Å². The summed E-state index contributed by atoms with van der Waals surface area (Å²) in [5.74, 6) is 2.66. The fourth-order valence-electron chi connectivity index (χ4n) is 1.08.